The predicted molar refractivity (Wildman–Crippen MR) is 132 cm³/mol. The van der Waals surface area contributed by atoms with Gasteiger partial charge in [-0.05, 0) is 60.7 Å². The Morgan fingerprint density at radius 2 is 2.09 bits per heavy atom. The molecule has 6 nitrogen and oxygen atoms in total. The molecule has 2 aromatic carbocycles. The molecule has 3 aromatic rings. The largest absolute Gasteiger partial charge is 0.378 e. The number of aromatic nitrogens is 3. The Bertz CT molecular complexity index is 1230. The van der Waals surface area contributed by atoms with Crippen molar-refractivity contribution in [2.45, 2.75) is 45.7 Å². The number of halogens is 1. The molecule has 33 heavy (non-hydrogen) atoms. The quantitative estimate of drug-likeness (QED) is 0.558. The highest BCUT2D eigenvalue weighted by Crippen LogP contribution is 2.39. The Hall–Kier alpha value is -3.12. The lowest BCUT2D eigenvalue weighted by atomic mass is 9.90. The van der Waals surface area contributed by atoms with E-state index in [0.29, 0.717) is 18.0 Å². The van der Waals surface area contributed by atoms with Crippen molar-refractivity contribution in [2.75, 3.05) is 18.4 Å². The maximum absolute atomic E-state index is 12.1. The van der Waals surface area contributed by atoms with Crippen LogP contribution in [0.15, 0.2) is 48.5 Å². The second kappa shape index (κ2) is 9.02. The average Bonchev–Trinajstić information content (AvgIpc) is 3.13. The molecule has 0 fully saturated rings. The number of hydrogen-bond donors (Lipinski definition) is 1. The number of hydrogen-bond acceptors (Lipinski definition) is 4. The van der Waals surface area contributed by atoms with Gasteiger partial charge in [0.25, 0.3) is 0 Å². The van der Waals surface area contributed by atoms with E-state index in [1.165, 1.54) is 16.7 Å². The first-order valence-electron chi connectivity index (χ1n) is 11.6. The first kappa shape index (κ1) is 21.7. The van der Waals surface area contributed by atoms with Gasteiger partial charge in [-0.1, -0.05) is 48.0 Å². The highest BCUT2D eigenvalue weighted by molar-refractivity contribution is 6.30. The molecule has 170 valence electrons. The summed E-state index contributed by atoms with van der Waals surface area (Å²) in [7, 11) is 0. The highest BCUT2D eigenvalue weighted by atomic mass is 35.5. The maximum Gasteiger partial charge on any atom is 0.222 e. The molecule has 0 aliphatic carbocycles. The lowest BCUT2D eigenvalue weighted by molar-refractivity contribution is -0.130. The van der Waals surface area contributed by atoms with Crippen LogP contribution >= 0.6 is 11.6 Å². The van der Waals surface area contributed by atoms with Gasteiger partial charge in [0.05, 0.1) is 17.4 Å². The first-order chi connectivity index (χ1) is 16.0. The van der Waals surface area contributed by atoms with E-state index in [0.717, 1.165) is 48.6 Å². The summed E-state index contributed by atoms with van der Waals surface area (Å²) < 4.78 is 2.02. The van der Waals surface area contributed by atoms with Crippen molar-refractivity contribution in [3.63, 3.8) is 0 Å². The average molecular weight is 462 g/mol. The standard InChI is InChI=1S/C26H28ClN5O/c1-3-25(33)31-12-9-18(10-13-31)19-7-8-22-23(15-19)24(28-21-6-4-5-20(27)16-21)11-14-32-26(22)17(2)29-30-32/h4-9,15-16,24,28H,3,10-14H2,1-2H3. The zero-order chi connectivity index (χ0) is 22.9. The fourth-order valence-electron chi connectivity index (χ4n) is 4.87. The van der Waals surface area contributed by atoms with Crippen LogP contribution in [0.25, 0.3) is 16.8 Å². The maximum atomic E-state index is 12.1. The molecule has 1 unspecified atom stereocenters. The summed E-state index contributed by atoms with van der Waals surface area (Å²) in [6, 6.07) is 14.7. The molecule has 1 aromatic heterocycles. The Morgan fingerprint density at radius 1 is 1.21 bits per heavy atom. The molecule has 0 radical (unpaired) electrons. The minimum absolute atomic E-state index is 0.113. The molecule has 2 aliphatic rings. The molecule has 1 atom stereocenters. The van der Waals surface area contributed by atoms with Crippen LogP contribution < -0.4 is 5.32 Å². The number of carbonyl (C=O) groups excluding carboxylic acids is 1. The SMILES string of the molecule is CCC(=O)N1CC=C(c2ccc3c(c2)C(Nc2cccc(Cl)c2)CCn2nnc(C)c2-3)CC1. The van der Waals surface area contributed by atoms with Crippen molar-refractivity contribution in [1.29, 1.82) is 0 Å². The molecule has 1 amide bonds. The van der Waals surface area contributed by atoms with Gasteiger partial charge in [-0.15, -0.1) is 5.10 Å². The summed E-state index contributed by atoms with van der Waals surface area (Å²) in [6.45, 7) is 6.18. The minimum atomic E-state index is 0.113. The molecular formula is C26H28ClN5O. The van der Waals surface area contributed by atoms with Crippen LogP contribution in [-0.4, -0.2) is 38.9 Å². The molecule has 0 saturated heterocycles. The molecule has 3 heterocycles. The van der Waals surface area contributed by atoms with E-state index >= 15 is 0 Å². The third-order valence-corrected chi connectivity index (χ3v) is 6.85. The Balaban J connectivity index is 1.53. The zero-order valence-electron chi connectivity index (χ0n) is 19.0. The molecule has 5 rings (SSSR count). The monoisotopic (exact) mass is 461 g/mol. The van der Waals surface area contributed by atoms with Gasteiger partial charge in [0.1, 0.15) is 0 Å². The first-order valence-corrected chi connectivity index (χ1v) is 11.9. The van der Waals surface area contributed by atoms with Crippen molar-refractivity contribution >= 4 is 28.8 Å². The number of rotatable bonds is 4. The normalized spacial score (nSPS) is 17.6. The summed E-state index contributed by atoms with van der Waals surface area (Å²) in [5, 5.41) is 13.1. The predicted octanol–water partition coefficient (Wildman–Crippen LogP) is 5.49. The van der Waals surface area contributed by atoms with Crippen LogP contribution in [0.2, 0.25) is 5.02 Å². The van der Waals surface area contributed by atoms with Gasteiger partial charge in [0, 0.05) is 42.3 Å². The fourth-order valence-corrected chi connectivity index (χ4v) is 5.06. The van der Waals surface area contributed by atoms with Crippen LogP contribution in [-0.2, 0) is 11.3 Å². The van der Waals surface area contributed by atoms with Crippen LogP contribution in [0, 0.1) is 6.92 Å². The number of aryl methyl sites for hydroxylation is 2. The number of nitrogens with one attached hydrogen (secondary N) is 1. The molecule has 2 aliphatic heterocycles. The molecular weight excluding hydrogens is 434 g/mol. The van der Waals surface area contributed by atoms with Gasteiger partial charge < -0.3 is 10.2 Å². The minimum Gasteiger partial charge on any atom is -0.378 e. The molecule has 0 spiro atoms. The van der Waals surface area contributed by atoms with Crippen LogP contribution in [0.1, 0.15) is 49.0 Å². The highest BCUT2D eigenvalue weighted by Gasteiger charge is 2.26. The van der Waals surface area contributed by atoms with Crippen molar-refractivity contribution < 1.29 is 4.79 Å². The number of amides is 1. The number of anilines is 1. The lowest BCUT2D eigenvalue weighted by Crippen LogP contribution is -2.34. The third kappa shape index (κ3) is 4.27. The second-order valence-electron chi connectivity index (χ2n) is 8.72. The van der Waals surface area contributed by atoms with Gasteiger partial charge in [0.2, 0.25) is 5.91 Å². The number of nitrogens with zero attached hydrogens (tertiary/aromatic N) is 4. The topological polar surface area (TPSA) is 63.1 Å². The van der Waals surface area contributed by atoms with Gasteiger partial charge >= 0.3 is 0 Å². The van der Waals surface area contributed by atoms with Gasteiger partial charge in [0.15, 0.2) is 0 Å². The van der Waals surface area contributed by atoms with Gasteiger partial charge in [-0.3, -0.25) is 4.79 Å². The van der Waals surface area contributed by atoms with Gasteiger partial charge in [-0.2, -0.15) is 0 Å². The number of carbonyl (C=O) groups is 1. The molecule has 1 N–H and O–H groups in total. The molecule has 0 saturated carbocycles. The number of benzene rings is 2. The smallest absolute Gasteiger partial charge is 0.222 e. The summed E-state index contributed by atoms with van der Waals surface area (Å²) in [5.41, 5.74) is 7.95. The van der Waals surface area contributed by atoms with E-state index in [1.54, 1.807) is 0 Å². The van der Waals surface area contributed by atoms with Crippen molar-refractivity contribution in [3.8, 4) is 11.3 Å². The summed E-state index contributed by atoms with van der Waals surface area (Å²) in [4.78, 5) is 14.0. The molecule has 0 bridgehead atoms. The Labute approximate surface area is 199 Å². The van der Waals surface area contributed by atoms with E-state index in [4.69, 9.17) is 11.6 Å². The third-order valence-electron chi connectivity index (χ3n) is 6.62. The Morgan fingerprint density at radius 3 is 2.85 bits per heavy atom. The molecule has 7 heteroatoms. The van der Waals surface area contributed by atoms with Crippen LogP contribution in [0.5, 0.6) is 0 Å². The van der Waals surface area contributed by atoms with E-state index in [2.05, 4.69) is 46.0 Å². The van der Waals surface area contributed by atoms with Crippen molar-refractivity contribution in [3.05, 3.63) is 70.4 Å². The van der Waals surface area contributed by atoms with Crippen LogP contribution in [0.3, 0.4) is 0 Å². The summed E-state index contributed by atoms with van der Waals surface area (Å²) in [6.07, 6.45) is 4.51. The van der Waals surface area contributed by atoms with E-state index in [9.17, 15) is 4.79 Å². The summed E-state index contributed by atoms with van der Waals surface area (Å²) in [5.74, 6) is 0.217. The number of fused-ring (bicyclic) bond motifs is 3. The van der Waals surface area contributed by atoms with Crippen molar-refractivity contribution in [2.24, 2.45) is 0 Å². The van der Waals surface area contributed by atoms with E-state index in [-0.39, 0.29) is 11.9 Å². The summed E-state index contributed by atoms with van der Waals surface area (Å²) >= 11 is 6.24. The van der Waals surface area contributed by atoms with E-state index in [1.807, 2.05) is 41.6 Å². The van der Waals surface area contributed by atoms with Crippen LogP contribution in [0.4, 0.5) is 5.69 Å². The van der Waals surface area contributed by atoms with Crippen molar-refractivity contribution in [1.82, 2.24) is 19.9 Å². The lowest BCUT2D eigenvalue weighted by Gasteiger charge is -2.27. The Kier molecular flexibility index (Phi) is 5.94. The fraction of sp³-hybridized carbons (Fsp3) is 0.346. The zero-order valence-corrected chi connectivity index (χ0v) is 19.8. The van der Waals surface area contributed by atoms with E-state index < -0.39 is 0 Å². The second-order valence-corrected chi connectivity index (χ2v) is 9.15. The van der Waals surface area contributed by atoms with Gasteiger partial charge in [-0.25, -0.2) is 4.68 Å².